The molecule has 2 aromatic carbocycles. The summed E-state index contributed by atoms with van der Waals surface area (Å²) in [6.07, 6.45) is -1.04. The van der Waals surface area contributed by atoms with Crippen LogP contribution in [0.3, 0.4) is 0 Å². The first-order valence-electron chi connectivity index (χ1n) is 8.36. The molecule has 0 saturated heterocycles. The molecule has 2 atom stereocenters. The Labute approximate surface area is 153 Å². The van der Waals surface area contributed by atoms with Gasteiger partial charge in [-0.1, -0.05) is 12.1 Å². The van der Waals surface area contributed by atoms with E-state index in [0.717, 1.165) is 0 Å². The molecule has 7 heteroatoms. The Hall–Kier alpha value is -3.03. The maximum Gasteiger partial charge on any atom is 0.204 e. The molecule has 3 aromatic rings. The molecule has 0 saturated carbocycles. The van der Waals surface area contributed by atoms with Gasteiger partial charge in [-0.3, -0.25) is 4.79 Å². The van der Waals surface area contributed by atoms with Gasteiger partial charge in [0.05, 0.1) is 16.7 Å². The molecule has 0 aliphatic carbocycles. The standard InChI is InChI=1S/C20H18O7/c1-20(2,25)19-18(24)15-13(27-19)7-12-14(17(15)23)16(22)11(8-26-12)9-3-5-10(21)6-4-9/h3-8,18-19,21,23-25H,1-2H3. The van der Waals surface area contributed by atoms with Gasteiger partial charge in [-0.05, 0) is 31.5 Å². The Morgan fingerprint density at radius 1 is 1.11 bits per heavy atom. The molecular formula is C20H18O7. The highest BCUT2D eigenvalue weighted by Crippen LogP contribution is 2.48. The van der Waals surface area contributed by atoms with E-state index in [-0.39, 0.29) is 33.6 Å². The van der Waals surface area contributed by atoms with Gasteiger partial charge in [0.1, 0.15) is 40.6 Å². The SMILES string of the molecule is CC(C)(O)C1Oc2cc3occ(-c4ccc(O)cc4)c(=O)c3c(O)c2C1O. The summed E-state index contributed by atoms with van der Waals surface area (Å²) in [5.41, 5.74) is -1.00. The van der Waals surface area contributed by atoms with E-state index >= 15 is 0 Å². The van der Waals surface area contributed by atoms with Gasteiger partial charge in [0.25, 0.3) is 0 Å². The number of fused-ring (bicyclic) bond motifs is 2. The van der Waals surface area contributed by atoms with E-state index in [0.29, 0.717) is 5.56 Å². The summed E-state index contributed by atoms with van der Waals surface area (Å²) in [5.74, 6) is -0.223. The molecule has 1 aliphatic rings. The molecule has 2 unspecified atom stereocenters. The van der Waals surface area contributed by atoms with Gasteiger partial charge in [-0.25, -0.2) is 0 Å². The van der Waals surface area contributed by atoms with E-state index in [9.17, 15) is 25.2 Å². The predicted molar refractivity (Wildman–Crippen MR) is 96.9 cm³/mol. The molecule has 4 rings (SSSR count). The minimum atomic E-state index is -1.37. The molecule has 0 spiro atoms. The van der Waals surface area contributed by atoms with Gasteiger partial charge in [0.2, 0.25) is 5.43 Å². The van der Waals surface area contributed by atoms with Crippen molar-refractivity contribution in [1.82, 2.24) is 0 Å². The summed E-state index contributed by atoms with van der Waals surface area (Å²) >= 11 is 0. The van der Waals surface area contributed by atoms with E-state index in [1.54, 1.807) is 12.1 Å². The third kappa shape index (κ3) is 2.63. The van der Waals surface area contributed by atoms with E-state index in [1.165, 1.54) is 38.3 Å². The first kappa shape index (κ1) is 17.4. The average molecular weight is 370 g/mol. The van der Waals surface area contributed by atoms with Crippen LogP contribution < -0.4 is 10.2 Å². The zero-order chi connectivity index (χ0) is 19.5. The maximum atomic E-state index is 13.0. The van der Waals surface area contributed by atoms with Crippen LogP contribution in [0.1, 0.15) is 25.5 Å². The highest BCUT2D eigenvalue weighted by molar-refractivity contribution is 5.90. The Kier molecular flexibility index (Phi) is 3.69. The van der Waals surface area contributed by atoms with Gasteiger partial charge in [0, 0.05) is 6.07 Å². The van der Waals surface area contributed by atoms with E-state index in [4.69, 9.17) is 9.15 Å². The van der Waals surface area contributed by atoms with Crippen molar-refractivity contribution in [2.45, 2.75) is 31.7 Å². The lowest BCUT2D eigenvalue weighted by molar-refractivity contribution is -0.0764. The third-order valence-electron chi connectivity index (χ3n) is 4.75. The highest BCUT2D eigenvalue weighted by Gasteiger charge is 2.45. The Balaban J connectivity index is 1.93. The lowest BCUT2D eigenvalue weighted by Crippen LogP contribution is -2.41. The van der Waals surface area contributed by atoms with Crippen LogP contribution in [-0.2, 0) is 0 Å². The van der Waals surface area contributed by atoms with Crippen LogP contribution in [0, 0.1) is 0 Å². The molecule has 0 fully saturated rings. The number of aromatic hydroxyl groups is 2. The molecule has 27 heavy (non-hydrogen) atoms. The fourth-order valence-corrected chi connectivity index (χ4v) is 3.37. The molecule has 0 radical (unpaired) electrons. The number of phenolic OH excluding ortho intramolecular Hbond substituents is 2. The second-order valence-electron chi connectivity index (χ2n) is 7.17. The number of ether oxygens (including phenoxy) is 1. The summed E-state index contributed by atoms with van der Waals surface area (Å²) in [7, 11) is 0. The first-order chi connectivity index (χ1) is 12.7. The van der Waals surface area contributed by atoms with Crippen molar-refractivity contribution in [2.24, 2.45) is 0 Å². The van der Waals surface area contributed by atoms with Crippen molar-refractivity contribution in [3.63, 3.8) is 0 Å². The lowest BCUT2D eigenvalue weighted by atomic mass is 9.93. The van der Waals surface area contributed by atoms with Crippen molar-refractivity contribution in [3.05, 3.63) is 52.4 Å². The second-order valence-corrected chi connectivity index (χ2v) is 7.17. The summed E-state index contributed by atoms with van der Waals surface area (Å²) in [6, 6.07) is 7.40. The molecule has 2 heterocycles. The van der Waals surface area contributed by atoms with Crippen LogP contribution in [0.15, 0.2) is 45.8 Å². The van der Waals surface area contributed by atoms with Gasteiger partial charge in [-0.2, -0.15) is 0 Å². The van der Waals surface area contributed by atoms with Crippen molar-refractivity contribution in [2.75, 3.05) is 0 Å². The van der Waals surface area contributed by atoms with E-state index < -0.39 is 29.0 Å². The van der Waals surface area contributed by atoms with Crippen LogP contribution >= 0.6 is 0 Å². The maximum absolute atomic E-state index is 13.0. The minimum absolute atomic E-state index is 0.0461. The van der Waals surface area contributed by atoms with Gasteiger partial charge < -0.3 is 29.6 Å². The molecule has 1 aromatic heterocycles. The molecular weight excluding hydrogens is 352 g/mol. The number of hydrogen-bond donors (Lipinski definition) is 4. The number of benzene rings is 2. The summed E-state index contributed by atoms with van der Waals surface area (Å²) in [4.78, 5) is 13.0. The smallest absolute Gasteiger partial charge is 0.204 e. The monoisotopic (exact) mass is 370 g/mol. The van der Waals surface area contributed by atoms with E-state index in [2.05, 4.69) is 0 Å². The Bertz CT molecular complexity index is 1090. The summed E-state index contributed by atoms with van der Waals surface area (Å²) < 4.78 is 11.1. The van der Waals surface area contributed by atoms with E-state index in [1.807, 2.05) is 0 Å². The lowest BCUT2D eigenvalue weighted by Gasteiger charge is -2.27. The van der Waals surface area contributed by atoms with Gasteiger partial charge in [-0.15, -0.1) is 0 Å². The highest BCUT2D eigenvalue weighted by atomic mass is 16.5. The Morgan fingerprint density at radius 2 is 1.78 bits per heavy atom. The summed E-state index contributed by atoms with van der Waals surface area (Å²) in [5, 5.41) is 40.7. The zero-order valence-electron chi connectivity index (χ0n) is 14.6. The van der Waals surface area contributed by atoms with Crippen molar-refractivity contribution in [3.8, 4) is 28.4 Å². The van der Waals surface area contributed by atoms with Crippen LogP contribution in [0.4, 0.5) is 0 Å². The first-order valence-corrected chi connectivity index (χ1v) is 8.36. The number of hydrogen-bond acceptors (Lipinski definition) is 7. The van der Waals surface area contributed by atoms with Crippen LogP contribution in [0.5, 0.6) is 17.2 Å². The molecule has 140 valence electrons. The Morgan fingerprint density at radius 3 is 2.41 bits per heavy atom. The predicted octanol–water partition coefficient (Wildman–Crippen LogP) is 2.44. The number of aliphatic hydroxyl groups is 2. The van der Waals surface area contributed by atoms with Crippen LogP contribution in [0.25, 0.3) is 22.1 Å². The molecule has 4 N–H and O–H groups in total. The fraction of sp³-hybridized carbons (Fsp3) is 0.250. The average Bonchev–Trinajstić information content (AvgIpc) is 2.93. The van der Waals surface area contributed by atoms with Crippen LogP contribution in [-0.4, -0.2) is 32.1 Å². The molecule has 7 nitrogen and oxygen atoms in total. The molecule has 0 bridgehead atoms. The minimum Gasteiger partial charge on any atom is -0.508 e. The van der Waals surface area contributed by atoms with Crippen molar-refractivity contribution in [1.29, 1.82) is 0 Å². The second kappa shape index (κ2) is 5.73. The summed E-state index contributed by atoms with van der Waals surface area (Å²) in [6.45, 7) is 2.96. The van der Waals surface area contributed by atoms with Crippen LogP contribution in [0.2, 0.25) is 0 Å². The normalized spacial score (nSPS) is 19.1. The molecule has 0 amide bonds. The number of rotatable bonds is 2. The zero-order valence-corrected chi connectivity index (χ0v) is 14.6. The number of phenols is 2. The van der Waals surface area contributed by atoms with Gasteiger partial charge in [0.15, 0.2) is 6.10 Å². The molecule has 1 aliphatic heterocycles. The fourth-order valence-electron chi connectivity index (χ4n) is 3.37. The largest absolute Gasteiger partial charge is 0.508 e. The quantitative estimate of drug-likeness (QED) is 0.547. The van der Waals surface area contributed by atoms with Gasteiger partial charge >= 0.3 is 0 Å². The van der Waals surface area contributed by atoms with Crippen molar-refractivity contribution < 1.29 is 29.6 Å². The topological polar surface area (TPSA) is 120 Å². The van der Waals surface area contributed by atoms with Crippen molar-refractivity contribution >= 4 is 11.0 Å². The third-order valence-corrected chi connectivity index (χ3v) is 4.75. The number of aliphatic hydroxyl groups excluding tert-OH is 1.